The molecule has 16 nitrogen and oxygen atoms in total. The van der Waals surface area contributed by atoms with Gasteiger partial charge in [0.2, 0.25) is 12.3 Å². The fourth-order valence-corrected chi connectivity index (χ4v) is 7.02. The Morgan fingerprint density at radius 2 is 1.15 bits per heavy atom. The van der Waals surface area contributed by atoms with E-state index < -0.39 is 28.9 Å². The van der Waals surface area contributed by atoms with E-state index in [1.54, 1.807) is 68.4 Å². The van der Waals surface area contributed by atoms with Crippen LogP contribution < -0.4 is 63.7 Å². The van der Waals surface area contributed by atoms with Gasteiger partial charge < -0.3 is 58.4 Å². The van der Waals surface area contributed by atoms with E-state index >= 15 is 0 Å². The van der Waals surface area contributed by atoms with Crippen LogP contribution in [0.25, 0.3) is 5.57 Å². The molecule has 3 aromatic carbocycles. The van der Waals surface area contributed by atoms with Crippen molar-refractivity contribution in [3.63, 3.8) is 0 Å². The highest BCUT2D eigenvalue weighted by Gasteiger charge is 2.31. The molecule has 13 N–H and O–H groups in total. The number of hydrogen-bond donors (Lipinski definition) is 9. The Balaban J connectivity index is 1.85. The van der Waals surface area contributed by atoms with Crippen LogP contribution in [0, 0.1) is 5.92 Å². The first-order chi connectivity index (χ1) is 31.9. The highest BCUT2D eigenvalue weighted by Crippen LogP contribution is 2.34. The lowest BCUT2D eigenvalue weighted by Gasteiger charge is -2.27. The predicted octanol–water partition coefficient (Wildman–Crippen LogP) is 6.93. The van der Waals surface area contributed by atoms with Gasteiger partial charge in [-0.05, 0) is 178 Å². The maximum Gasteiger partial charge on any atom is 0.255 e. The van der Waals surface area contributed by atoms with Crippen LogP contribution in [0.1, 0.15) is 132 Å². The van der Waals surface area contributed by atoms with E-state index in [9.17, 15) is 19.2 Å². The number of ether oxygens (including phenoxy) is 3. The van der Waals surface area contributed by atoms with E-state index in [4.69, 9.17) is 37.1 Å². The summed E-state index contributed by atoms with van der Waals surface area (Å²) in [6.07, 6.45) is 8.63. The number of carbonyl (C=O) groups is 4. The Bertz CT molecular complexity index is 2050. The predicted molar refractivity (Wildman–Crippen MR) is 271 cm³/mol. The normalized spacial score (nSPS) is 12.0. The van der Waals surface area contributed by atoms with E-state index in [0.717, 1.165) is 57.8 Å². The Kier molecular flexibility index (Phi) is 23.8. The number of anilines is 3. The van der Waals surface area contributed by atoms with Crippen molar-refractivity contribution in [3.8, 4) is 17.2 Å². The summed E-state index contributed by atoms with van der Waals surface area (Å²) < 4.78 is 18.3. The molecule has 0 aliphatic heterocycles. The Morgan fingerprint density at radius 3 is 1.66 bits per heavy atom. The molecule has 0 aliphatic rings. The molecular weight excluding hydrogens is 851 g/mol. The van der Waals surface area contributed by atoms with Gasteiger partial charge in [-0.3, -0.25) is 24.5 Å². The molecule has 0 saturated heterocycles. The molecule has 0 fully saturated rings. The fraction of sp³-hybridized carbons (Fsp3) is 0.529. The number of ketones is 1. The summed E-state index contributed by atoms with van der Waals surface area (Å²) in [4.78, 5) is 53.7. The summed E-state index contributed by atoms with van der Waals surface area (Å²) in [6.45, 7) is 18.7. The van der Waals surface area contributed by atoms with Gasteiger partial charge in [-0.25, -0.2) is 0 Å². The van der Waals surface area contributed by atoms with Crippen LogP contribution in [0.3, 0.4) is 0 Å². The first-order valence-corrected chi connectivity index (χ1v) is 23.7. The van der Waals surface area contributed by atoms with Gasteiger partial charge in [-0.2, -0.15) is 0 Å². The molecule has 0 heterocycles. The highest BCUT2D eigenvalue weighted by atomic mass is 16.5. The summed E-state index contributed by atoms with van der Waals surface area (Å²) in [6, 6.07) is 14.6. The van der Waals surface area contributed by atoms with Gasteiger partial charge in [0, 0.05) is 28.2 Å². The standard InChI is InChI=1S/C51H79N9O7/c1-35(2)29-43(49(64)59-39-19-22-44(65-26-14-8-11-23-52)40(32-39)36(3)50(4,5)55)60-48(63)42-31-37(17-21-46(42)67-28-16-10-13-25-54)56-33-58-51(6,7)47(62)41-30-38(57-34-61)18-20-45(41)66-27-15-9-12-24-53/h17-22,30-32,34-35,43,56,58H,3,8-16,23-29,33,52-55H2,1-2,4-7H3,(H,57,61)(H,59,64)(H,60,63). The lowest BCUT2D eigenvalue weighted by atomic mass is 9.89. The first kappa shape index (κ1) is 55.8. The van der Waals surface area contributed by atoms with E-state index in [2.05, 4.69) is 33.2 Å². The number of hydrogen-bond acceptors (Lipinski definition) is 13. The average molecular weight is 930 g/mol. The van der Waals surface area contributed by atoms with Crippen LogP contribution in [-0.2, 0) is 9.59 Å². The molecule has 16 heteroatoms. The summed E-state index contributed by atoms with van der Waals surface area (Å²) >= 11 is 0. The molecule has 0 bridgehead atoms. The maximum absolute atomic E-state index is 14.3. The number of Topliss-reactive ketones (excluding diaryl/α,β-unsaturated/α-hetero) is 1. The molecular formula is C51H79N9O7. The summed E-state index contributed by atoms with van der Waals surface area (Å²) in [5.74, 6) is 0.276. The summed E-state index contributed by atoms with van der Waals surface area (Å²) in [7, 11) is 0. The first-order valence-electron chi connectivity index (χ1n) is 23.7. The molecule has 0 aliphatic carbocycles. The molecule has 0 radical (unpaired) electrons. The largest absolute Gasteiger partial charge is 0.493 e. The molecule has 0 aromatic heterocycles. The summed E-state index contributed by atoms with van der Waals surface area (Å²) in [5, 5.41) is 15.2. The van der Waals surface area contributed by atoms with E-state index in [-0.39, 0.29) is 23.9 Å². The van der Waals surface area contributed by atoms with Crippen LogP contribution >= 0.6 is 0 Å². The Labute approximate surface area is 398 Å². The number of unbranched alkanes of at least 4 members (excludes halogenated alkanes) is 6. The third-order valence-electron chi connectivity index (χ3n) is 11.1. The number of rotatable bonds is 34. The van der Waals surface area contributed by atoms with Gasteiger partial charge in [0.25, 0.3) is 5.91 Å². The number of amides is 3. The second-order valence-corrected chi connectivity index (χ2v) is 18.3. The van der Waals surface area contributed by atoms with E-state index in [0.29, 0.717) is 103 Å². The van der Waals surface area contributed by atoms with Crippen LogP contribution in [0.15, 0.2) is 61.2 Å². The zero-order valence-electron chi connectivity index (χ0n) is 40.8. The van der Waals surface area contributed by atoms with Crippen molar-refractivity contribution in [2.45, 2.75) is 123 Å². The van der Waals surface area contributed by atoms with Crippen molar-refractivity contribution in [1.82, 2.24) is 10.6 Å². The van der Waals surface area contributed by atoms with Crippen molar-refractivity contribution in [2.75, 3.05) is 62.1 Å². The van der Waals surface area contributed by atoms with E-state index in [1.165, 1.54) is 0 Å². The van der Waals surface area contributed by atoms with Crippen LogP contribution in [0.2, 0.25) is 0 Å². The zero-order valence-corrected chi connectivity index (χ0v) is 40.8. The van der Waals surface area contributed by atoms with Crippen LogP contribution in [-0.4, -0.2) is 87.3 Å². The van der Waals surface area contributed by atoms with Gasteiger partial charge in [0.05, 0.1) is 43.2 Å². The molecule has 1 atom stereocenters. The van der Waals surface area contributed by atoms with Gasteiger partial charge in [-0.15, -0.1) is 0 Å². The molecule has 0 spiro atoms. The van der Waals surface area contributed by atoms with Gasteiger partial charge >= 0.3 is 0 Å². The minimum absolute atomic E-state index is 0.0515. The minimum Gasteiger partial charge on any atom is -0.493 e. The molecule has 370 valence electrons. The number of nitrogens with two attached hydrogens (primary N) is 4. The third kappa shape index (κ3) is 18.9. The summed E-state index contributed by atoms with van der Waals surface area (Å²) in [5.41, 5.74) is 25.0. The highest BCUT2D eigenvalue weighted by molar-refractivity contribution is 6.06. The molecule has 0 saturated carbocycles. The van der Waals surface area contributed by atoms with Crippen LogP contribution in [0.5, 0.6) is 17.2 Å². The molecule has 3 amide bonds. The second kappa shape index (κ2) is 28.6. The monoisotopic (exact) mass is 930 g/mol. The molecule has 3 aromatic rings. The van der Waals surface area contributed by atoms with Crippen molar-refractivity contribution in [2.24, 2.45) is 28.9 Å². The number of nitrogens with one attached hydrogen (secondary N) is 5. The number of carbonyl (C=O) groups excluding carboxylic acids is 4. The zero-order chi connectivity index (χ0) is 49.4. The van der Waals surface area contributed by atoms with E-state index in [1.807, 2.05) is 27.7 Å². The lowest BCUT2D eigenvalue weighted by Crippen LogP contribution is -2.48. The number of benzene rings is 3. The topological polar surface area (TPSA) is 260 Å². The molecule has 3 rings (SSSR count). The minimum atomic E-state index is -1.10. The quantitative estimate of drug-likeness (QED) is 0.0128. The van der Waals surface area contributed by atoms with Gasteiger partial charge in [0.15, 0.2) is 5.78 Å². The fourth-order valence-electron chi connectivity index (χ4n) is 7.02. The SMILES string of the molecule is C=C(c1cc(NC(=O)C(CC(C)C)NC(=O)c2cc(NCNC(C)(C)C(=O)c3cc(NC=O)ccc3OCCCCCN)ccc2OCCCCCN)ccc1OCCCCCN)C(C)(C)N. The van der Waals surface area contributed by atoms with Gasteiger partial charge in [-0.1, -0.05) is 20.4 Å². The van der Waals surface area contributed by atoms with Crippen molar-refractivity contribution in [1.29, 1.82) is 0 Å². The molecule has 1 unspecified atom stereocenters. The smallest absolute Gasteiger partial charge is 0.255 e. The van der Waals surface area contributed by atoms with Crippen molar-refractivity contribution >= 4 is 46.6 Å². The van der Waals surface area contributed by atoms with Gasteiger partial charge in [0.1, 0.15) is 23.3 Å². The van der Waals surface area contributed by atoms with Crippen molar-refractivity contribution in [3.05, 3.63) is 77.9 Å². The Hall–Kier alpha value is -5.52. The Morgan fingerprint density at radius 1 is 0.672 bits per heavy atom. The second-order valence-electron chi connectivity index (χ2n) is 18.3. The lowest BCUT2D eigenvalue weighted by molar-refractivity contribution is -0.118. The third-order valence-corrected chi connectivity index (χ3v) is 11.1. The van der Waals surface area contributed by atoms with Crippen LogP contribution in [0.4, 0.5) is 17.1 Å². The average Bonchev–Trinajstić information content (AvgIpc) is 3.28. The molecule has 67 heavy (non-hydrogen) atoms. The maximum atomic E-state index is 14.3. The van der Waals surface area contributed by atoms with Crippen molar-refractivity contribution < 1.29 is 33.4 Å².